The van der Waals surface area contributed by atoms with Crippen LogP contribution in [0.2, 0.25) is 0 Å². The number of ether oxygens (including phenoxy) is 1. The molecule has 0 spiro atoms. The summed E-state index contributed by atoms with van der Waals surface area (Å²) in [6, 6.07) is 11.9. The zero-order chi connectivity index (χ0) is 14.5. The molecule has 1 heterocycles. The SMILES string of the molecule is COC(=O)c1ccc(N(C)Cc2ccc(C)cc2)nc1. The first kappa shape index (κ1) is 14.1. The van der Waals surface area contributed by atoms with Gasteiger partial charge >= 0.3 is 5.97 Å². The molecule has 1 aromatic heterocycles. The van der Waals surface area contributed by atoms with Gasteiger partial charge in [-0.2, -0.15) is 0 Å². The fraction of sp³-hybridized carbons (Fsp3) is 0.250. The molecule has 2 aromatic rings. The predicted octanol–water partition coefficient (Wildman–Crippen LogP) is 2.81. The molecule has 0 N–H and O–H groups in total. The third-order valence-corrected chi connectivity index (χ3v) is 3.10. The number of carbonyl (C=O) groups excluding carboxylic acids is 1. The maximum absolute atomic E-state index is 11.3. The molecule has 4 heteroatoms. The van der Waals surface area contributed by atoms with Gasteiger partial charge < -0.3 is 9.64 Å². The van der Waals surface area contributed by atoms with Crippen LogP contribution in [0.4, 0.5) is 5.82 Å². The van der Waals surface area contributed by atoms with Crippen LogP contribution < -0.4 is 4.90 Å². The Morgan fingerprint density at radius 2 is 1.90 bits per heavy atom. The number of methoxy groups -OCH3 is 1. The maximum atomic E-state index is 11.3. The Morgan fingerprint density at radius 3 is 2.45 bits per heavy atom. The molecule has 2 rings (SSSR count). The number of aromatic nitrogens is 1. The number of aryl methyl sites for hydroxylation is 1. The molecule has 0 saturated carbocycles. The lowest BCUT2D eigenvalue weighted by Crippen LogP contribution is -2.17. The molecule has 0 aliphatic rings. The van der Waals surface area contributed by atoms with Gasteiger partial charge in [0.15, 0.2) is 0 Å². The summed E-state index contributed by atoms with van der Waals surface area (Å²) in [5.41, 5.74) is 2.92. The van der Waals surface area contributed by atoms with Gasteiger partial charge in [-0.25, -0.2) is 9.78 Å². The van der Waals surface area contributed by atoms with Crippen molar-refractivity contribution in [2.24, 2.45) is 0 Å². The van der Waals surface area contributed by atoms with Crippen molar-refractivity contribution in [2.75, 3.05) is 19.1 Å². The highest BCUT2D eigenvalue weighted by Crippen LogP contribution is 2.14. The number of carbonyl (C=O) groups is 1. The summed E-state index contributed by atoms with van der Waals surface area (Å²) in [4.78, 5) is 17.7. The van der Waals surface area contributed by atoms with Gasteiger partial charge in [0.05, 0.1) is 12.7 Å². The van der Waals surface area contributed by atoms with Gasteiger partial charge in [0.2, 0.25) is 0 Å². The summed E-state index contributed by atoms with van der Waals surface area (Å²) in [6.45, 7) is 2.84. The average Bonchev–Trinajstić information content (AvgIpc) is 2.49. The van der Waals surface area contributed by atoms with Crippen molar-refractivity contribution in [1.29, 1.82) is 0 Å². The van der Waals surface area contributed by atoms with Gasteiger partial charge in [0, 0.05) is 19.8 Å². The van der Waals surface area contributed by atoms with Gasteiger partial charge in [0.25, 0.3) is 0 Å². The number of rotatable bonds is 4. The first-order valence-corrected chi connectivity index (χ1v) is 6.41. The Balaban J connectivity index is 2.07. The molecule has 0 unspecified atom stereocenters. The third-order valence-electron chi connectivity index (χ3n) is 3.10. The summed E-state index contributed by atoms with van der Waals surface area (Å²) < 4.78 is 4.65. The molecule has 4 nitrogen and oxygen atoms in total. The number of hydrogen-bond acceptors (Lipinski definition) is 4. The molecule has 0 fully saturated rings. The molecule has 0 aliphatic carbocycles. The van der Waals surface area contributed by atoms with Gasteiger partial charge in [-0.3, -0.25) is 0 Å². The number of pyridine rings is 1. The second-order valence-electron chi connectivity index (χ2n) is 4.74. The van der Waals surface area contributed by atoms with E-state index in [1.807, 2.05) is 18.0 Å². The fourth-order valence-corrected chi connectivity index (χ4v) is 1.90. The summed E-state index contributed by atoms with van der Waals surface area (Å²) in [7, 11) is 3.33. The predicted molar refractivity (Wildman–Crippen MR) is 78.9 cm³/mol. The number of hydrogen-bond donors (Lipinski definition) is 0. The van der Waals surface area contributed by atoms with E-state index in [-0.39, 0.29) is 5.97 Å². The van der Waals surface area contributed by atoms with Crippen molar-refractivity contribution in [3.05, 3.63) is 59.3 Å². The largest absolute Gasteiger partial charge is 0.465 e. The van der Waals surface area contributed by atoms with E-state index in [0.717, 1.165) is 12.4 Å². The lowest BCUT2D eigenvalue weighted by molar-refractivity contribution is 0.0600. The van der Waals surface area contributed by atoms with Gasteiger partial charge in [-0.1, -0.05) is 29.8 Å². The molecule has 104 valence electrons. The van der Waals surface area contributed by atoms with Crippen LogP contribution in [0.5, 0.6) is 0 Å². The summed E-state index contributed by atoms with van der Waals surface area (Å²) in [6.07, 6.45) is 1.53. The number of esters is 1. The van der Waals surface area contributed by atoms with E-state index in [1.54, 1.807) is 6.07 Å². The van der Waals surface area contributed by atoms with Crippen LogP contribution in [0.25, 0.3) is 0 Å². The lowest BCUT2D eigenvalue weighted by atomic mass is 10.1. The van der Waals surface area contributed by atoms with Crippen molar-refractivity contribution < 1.29 is 9.53 Å². The molecule has 0 amide bonds. The minimum Gasteiger partial charge on any atom is -0.465 e. The number of benzene rings is 1. The van der Waals surface area contributed by atoms with E-state index < -0.39 is 0 Å². The van der Waals surface area contributed by atoms with Gasteiger partial charge in [-0.05, 0) is 24.6 Å². The van der Waals surface area contributed by atoms with Crippen molar-refractivity contribution in [1.82, 2.24) is 4.98 Å². The van der Waals surface area contributed by atoms with Crippen LogP contribution in [0.1, 0.15) is 21.5 Å². The molecule has 0 bridgehead atoms. The molecule has 0 aliphatic heterocycles. The minimum atomic E-state index is -0.370. The maximum Gasteiger partial charge on any atom is 0.339 e. The molecular weight excluding hydrogens is 252 g/mol. The molecule has 1 aromatic carbocycles. The van der Waals surface area contributed by atoms with Gasteiger partial charge in [0.1, 0.15) is 5.82 Å². The lowest BCUT2D eigenvalue weighted by Gasteiger charge is -2.18. The highest BCUT2D eigenvalue weighted by molar-refractivity contribution is 5.89. The van der Waals surface area contributed by atoms with Crippen LogP contribution in [-0.4, -0.2) is 25.1 Å². The van der Waals surface area contributed by atoms with Crippen molar-refractivity contribution in [2.45, 2.75) is 13.5 Å². The minimum absolute atomic E-state index is 0.370. The standard InChI is InChI=1S/C16H18N2O2/c1-12-4-6-13(7-5-12)11-18(2)15-9-8-14(10-17-15)16(19)20-3/h4-10H,11H2,1-3H3. The van der Waals surface area contributed by atoms with Crippen molar-refractivity contribution in [3.8, 4) is 0 Å². The van der Waals surface area contributed by atoms with Crippen LogP contribution in [0.3, 0.4) is 0 Å². The van der Waals surface area contributed by atoms with E-state index in [4.69, 9.17) is 0 Å². The second kappa shape index (κ2) is 6.19. The highest BCUT2D eigenvalue weighted by atomic mass is 16.5. The first-order chi connectivity index (χ1) is 9.60. The van der Waals surface area contributed by atoms with E-state index in [9.17, 15) is 4.79 Å². The monoisotopic (exact) mass is 270 g/mol. The molecular formula is C16H18N2O2. The van der Waals surface area contributed by atoms with E-state index in [1.165, 1.54) is 24.4 Å². The van der Waals surface area contributed by atoms with Crippen LogP contribution in [-0.2, 0) is 11.3 Å². The zero-order valence-corrected chi connectivity index (χ0v) is 12.0. The van der Waals surface area contributed by atoms with Gasteiger partial charge in [-0.15, -0.1) is 0 Å². The molecule has 20 heavy (non-hydrogen) atoms. The summed E-state index contributed by atoms with van der Waals surface area (Å²) >= 11 is 0. The highest BCUT2D eigenvalue weighted by Gasteiger charge is 2.08. The zero-order valence-electron chi connectivity index (χ0n) is 12.0. The van der Waals surface area contributed by atoms with Crippen LogP contribution >= 0.6 is 0 Å². The Bertz CT molecular complexity index is 576. The Hall–Kier alpha value is -2.36. The average molecular weight is 270 g/mol. The Morgan fingerprint density at radius 1 is 1.20 bits per heavy atom. The number of anilines is 1. The Labute approximate surface area is 119 Å². The summed E-state index contributed by atoms with van der Waals surface area (Å²) in [5, 5.41) is 0. The van der Waals surface area contributed by atoms with E-state index in [0.29, 0.717) is 5.56 Å². The molecule has 0 radical (unpaired) electrons. The van der Waals surface area contributed by atoms with E-state index in [2.05, 4.69) is 40.9 Å². The van der Waals surface area contributed by atoms with Crippen LogP contribution in [0.15, 0.2) is 42.6 Å². The topological polar surface area (TPSA) is 42.4 Å². The normalized spacial score (nSPS) is 10.2. The Kier molecular flexibility index (Phi) is 4.35. The van der Waals surface area contributed by atoms with E-state index >= 15 is 0 Å². The first-order valence-electron chi connectivity index (χ1n) is 6.41. The summed E-state index contributed by atoms with van der Waals surface area (Å²) in [5.74, 6) is 0.448. The quantitative estimate of drug-likeness (QED) is 0.801. The van der Waals surface area contributed by atoms with Crippen molar-refractivity contribution in [3.63, 3.8) is 0 Å². The molecule has 0 atom stereocenters. The molecule has 0 saturated heterocycles. The third kappa shape index (κ3) is 3.35. The smallest absolute Gasteiger partial charge is 0.339 e. The second-order valence-corrected chi connectivity index (χ2v) is 4.74. The number of nitrogens with zero attached hydrogens (tertiary/aromatic N) is 2. The van der Waals surface area contributed by atoms with Crippen molar-refractivity contribution >= 4 is 11.8 Å². The fourth-order valence-electron chi connectivity index (χ4n) is 1.90. The van der Waals surface area contributed by atoms with Crippen LogP contribution in [0, 0.1) is 6.92 Å².